The number of thiazole rings is 1. The molecule has 4 saturated carbocycles. The third-order valence-corrected chi connectivity index (χ3v) is 8.41. The number of hydrogen-bond acceptors (Lipinski definition) is 6. The first kappa shape index (κ1) is 18.8. The zero-order chi connectivity index (χ0) is 20.1. The zero-order valence-corrected chi connectivity index (χ0v) is 18.0. The number of nitrogens with one attached hydrogen (secondary N) is 1. The van der Waals surface area contributed by atoms with Crippen LogP contribution in [0.5, 0.6) is 0 Å². The second kappa shape index (κ2) is 7.31. The molecule has 2 aromatic heterocycles. The number of carbonyl (C=O) groups excluding carboxylic acids is 1. The minimum atomic E-state index is -0.137. The smallest absolute Gasteiger partial charge is 0.259 e. The summed E-state index contributed by atoms with van der Waals surface area (Å²) in [6.07, 6.45) is 9.84. The first-order valence-electron chi connectivity index (χ1n) is 11.2. The van der Waals surface area contributed by atoms with Crippen molar-refractivity contribution in [2.75, 3.05) is 36.5 Å². The zero-order valence-electron chi connectivity index (χ0n) is 17.2. The van der Waals surface area contributed by atoms with Crippen LogP contribution in [0.25, 0.3) is 0 Å². The molecule has 4 bridgehead atoms. The van der Waals surface area contributed by atoms with Crippen LogP contribution in [0.4, 0.5) is 10.9 Å². The molecule has 1 aliphatic heterocycles. The summed E-state index contributed by atoms with van der Waals surface area (Å²) in [5.41, 5.74) is 2.07. The molecule has 3 heterocycles. The Hall–Kier alpha value is -1.99. The SMILES string of the molecule is O=C(Nc1nc(C23CC4CC(CC(C4)C2)C3)cs1)c1ccc(N2CCOCC2)nc1. The van der Waals surface area contributed by atoms with Gasteiger partial charge in [-0.2, -0.15) is 0 Å². The molecule has 0 radical (unpaired) electrons. The summed E-state index contributed by atoms with van der Waals surface area (Å²) in [7, 11) is 0. The molecule has 158 valence electrons. The molecule has 2 aromatic rings. The highest BCUT2D eigenvalue weighted by Crippen LogP contribution is 2.60. The quantitative estimate of drug-likeness (QED) is 0.801. The van der Waals surface area contributed by atoms with Crippen molar-refractivity contribution in [2.24, 2.45) is 17.8 Å². The Labute approximate surface area is 181 Å². The molecule has 6 nitrogen and oxygen atoms in total. The summed E-state index contributed by atoms with van der Waals surface area (Å²) < 4.78 is 5.39. The lowest BCUT2D eigenvalue weighted by molar-refractivity contribution is -0.00688. The lowest BCUT2D eigenvalue weighted by Gasteiger charge is -2.56. The number of aromatic nitrogens is 2. The van der Waals surface area contributed by atoms with E-state index in [2.05, 4.69) is 20.6 Å². The summed E-state index contributed by atoms with van der Waals surface area (Å²) in [5.74, 6) is 3.45. The van der Waals surface area contributed by atoms with E-state index in [-0.39, 0.29) is 11.3 Å². The van der Waals surface area contributed by atoms with Crippen molar-refractivity contribution in [1.82, 2.24) is 9.97 Å². The Balaban J connectivity index is 1.14. The molecule has 1 amide bonds. The van der Waals surface area contributed by atoms with Gasteiger partial charge in [0.2, 0.25) is 0 Å². The summed E-state index contributed by atoms with van der Waals surface area (Å²) in [4.78, 5) is 24.3. The van der Waals surface area contributed by atoms with Crippen molar-refractivity contribution in [1.29, 1.82) is 0 Å². The van der Waals surface area contributed by atoms with Crippen LogP contribution in [-0.2, 0) is 10.2 Å². The number of rotatable bonds is 4. The van der Waals surface area contributed by atoms with E-state index in [4.69, 9.17) is 9.72 Å². The van der Waals surface area contributed by atoms with Crippen LogP contribution in [0, 0.1) is 17.8 Å². The topological polar surface area (TPSA) is 67.4 Å². The molecule has 1 saturated heterocycles. The van der Waals surface area contributed by atoms with Crippen molar-refractivity contribution in [2.45, 2.75) is 43.9 Å². The maximum Gasteiger partial charge on any atom is 0.259 e. The van der Waals surface area contributed by atoms with Crippen molar-refractivity contribution < 1.29 is 9.53 Å². The fourth-order valence-corrected chi connectivity index (χ4v) is 7.50. The predicted molar refractivity (Wildman–Crippen MR) is 117 cm³/mol. The molecule has 7 heteroatoms. The number of morpholine rings is 1. The number of amides is 1. The highest BCUT2D eigenvalue weighted by molar-refractivity contribution is 7.14. The fraction of sp³-hybridized carbons (Fsp3) is 0.609. The molecule has 4 aliphatic carbocycles. The summed E-state index contributed by atoms with van der Waals surface area (Å²) in [5, 5.41) is 5.91. The van der Waals surface area contributed by atoms with Crippen LogP contribution in [0.15, 0.2) is 23.7 Å². The monoisotopic (exact) mass is 424 g/mol. The molecule has 0 spiro atoms. The van der Waals surface area contributed by atoms with Crippen molar-refractivity contribution in [3.63, 3.8) is 0 Å². The van der Waals surface area contributed by atoms with Gasteiger partial charge in [0, 0.05) is 30.1 Å². The molecule has 30 heavy (non-hydrogen) atoms. The molecule has 1 N–H and O–H groups in total. The average molecular weight is 425 g/mol. The minimum Gasteiger partial charge on any atom is -0.378 e. The Morgan fingerprint density at radius 1 is 1.10 bits per heavy atom. The number of nitrogens with zero attached hydrogens (tertiary/aromatic N) is 3. The number of anilines is 2. The van der Waals surface area contributed by atoms with Crippen molar-refractivity contribution in [3.05, 3.63) is 35.0 Å². The van der Waals surface area contributed by atoms with E-state index in [0.29, 0.717) is 10.7 Å². The first-order valence-corrected chi connectivity index (χ1v) is 12.1. The van der Waals surface area contributed by atoms with Gasteiger partial charge in [0.05, 0.1) is 24.5 Å². The van der Waals surface area contributed by atoms with Gasteiger partial charge in [-0.25, -0.2) is 9.97 Å². The van der Waals surface area contributed by atoms with E-state index in [1.165, 1.54) is 44.2 Å². The van der Waals surface area contributed by atoms with Crippen molar-refractivity contribution in [3.8, 4) is 0 Å². The van der Waals surface area contributed by atoms with Crippen LogP contribution in [-0.4, -0.2) is 42.2 Å². The molecule has 5 fully saturated rings. The van der Waals surface area contributed by atoms with Crippen LogP contribution >= 0.6 is 11.3 Å². The van der Waals surface area contributed by atoms with E-state index in [1.54, 1.807) is 17.5 Å². The van der Waals surface area contributed by atoms with Gasteiger partial charge in [0.25, 0.3) is 5.91 Å². The lowest BCUT2D eigenvalue weighted by Crippen LogP contribution is -2.48. The molecule has 0 atom stereocenters. The number of pyridine rings is 1. The largest absolute Gasteiger partial charge is 0.378 e. The molecule has 5 aliphatic rings. The molecular formula is C23H28N4O2S. The number of ether oxygens (including phenoxy) is 1. The second-order valence-corrected chi connectivity index (χ2v) is 10.6. The molecular weight excluding hydrogens is 396 g/mol. The highest BCUT2D eigenvalue weighted by atomic mass is 32.1. The normalized spacial score (nSPS) is 32.4. The van der Waals surface area contributed by atoms with Gasteiger partial charge >= 0.3 is 0 Å². The van der Waals surface area contributed by atoms with Gasteiger partial charge in [-0.1, -0.05) is 0 Å². The van der Waals surface area contributed by atoms with Gasteiger partial charge in [0.15, 0.2) is 5.13 Å². The predicted octanol–water partition coefficient (Wildman–Crippen LogP) is 4.09. The second-order valence-electron chi connectivity index (χ2n) is 9.69. The standard InChI is InChI=1S/C23H28N4O2S/c28-21(18-1-2-20(24-13-18)27-3-5-29-6-4-27)26-22-25-19(14-30-22)23-10-15-7-16(11-23)9-17(8-15)12-23/h1-2,13-17H,3-12H2,(H,25,26,28). The average Bonchev–Trinajstić information content (AvgIpc) is 3.23. The van der Waals surface area contributed by atoms with E-state index in [0.717, 1.165) is 49.9 Å². The summed E-state index contributed by atoms with van der Waals surface area (Å²) >= 11 is 1.56. The summed E-state index contributed by atoms with van der Waals surface area (Å²) in [6.45, 7) is 3.12. The minimum absolute atomic E-state index is 0.137. The third-order valence-electron chi connectivity index (χ3n) is 7.65. The lowest BCUT2D eigenvalue weighted by atomic mass is 9.49. The molecule has 7 rings (SSSR count). The van der Waals surface area contributed by atoms with Gasteiger partial charge < -0.3 is 9.64 Å². The third kappa shape index (κ3) is 3.32. The molecule has 0 aromatic carbocycles. The van der Waals surface area contributed by atoms with Gasteiger partial charge in [0.1, 0.15) is 5.82 Å². The maximum atomic E-state index is 12.7. The fourth-order valence-electron chi connectivity index (χ4n) is 6.67. The van der Waals surface area contributed by atoms with E-state index in [9.17, 15) is 4.79 Å². The van der Waals surface area contributed by atoms with Crippen LogP contribution in [0.1, 0.15) is 54.6 Å². The Bertz CT molecular complexity index is 900. The van der Waals surface area contributed by atoms with Crippen LogP contribution in [0.2, 0.25) is 0 Å². The highest BCUT2D eigenvalue weighted by Gasteiger charge is 2.52. The maximum absolute atomic E-state index is 12.7. The Kier molecular flexibility index (Phi) is 4.57. The van der Waals surface area contributed by atoms with Gasteiger partial charge in [-0.3, -0.25) is 10.1 Å². The Morgan fingerprint density at radius 2 is 1.80 bits per heavy atom. The van der Waals surface area contributed by atoms with Crippen LogP contribution in [0.3, 0.4) is 0 Å². The van der Waals surface area contributed by atoms with E-state index >= 15 is 0 Å². The van der Waals surface area contributed by atoms with E-state index in [1.807, 2.05) is 12.1 Å². The van der Waals surface area contributed by atoms with E-state index < -0.39 is 0 Å². The van der Waals surface area contributed by atoms with Gasteiger partial charge in [-0.05, 0) is 68.4 Å². The van der Waals surface area contributed by atoms with Crippen molar-refractivity contribution >= 4 is 28.2 Å². The Morgan fingerprint density at radius 3 is 2.43 bits per heavy atom. The first-order chi connectivity index (χ1) is 14.7. The summed E-state index contributed by atoms with van der Waals surface area (Å²) in [6, 6.07) is 3.77. The number of hydrogen-bond donors (Lipinski definition) is 1. The van der Waals surface area contributed by atoms with Gasteiger partial charge in [-0.15, -0.1) is 11.3 Å². The molecule has 0 unspecified atom stereocenters. The number of carbonyl (C=O) groups is 1. The van der Waals surface area contributed by atoms with Crippen LogP contribution < -0.4 is 10.2 Å².